The predicted molar refractivity (Wildman–Crippen MR) is 44.3 cm³/mol. The largest absolute Gasteiger partial charge is 0.425 e. The molecule has 1 heterocycles. The molecule has 1 saturated heterocycles. The molecular formula is H8O4Si5. The van der Waals surface area contributed by atoms with Crippen molar-refractivity contribution < 1.29 is 16.5 Å². The molecule has 4 radical (unpaired) electrons. The summed E-state index contributed by atoms with van der Waals surface area (Å²) >= 11 is 0. The van der Waals surface area contributed by atoms with Gasteiger partial charge in [0, 0.05) is 11.0 Å². The lowest BCUT2D eigenvalue weighted by atomic mass is 15.7. The molecule has 0 amide bonds. The van der Waals surface area contributed by atoms with Crippen molar-refractivity contribution in [2.75, 3.05) is 0 Å². The van der Waals surface area contributed by atoms with Gasteiger partial charge in [0.15, 0.2) is 0 Å². The van der Waals surface area contributed by atoms with Crippen molar-refractivity contribution in [3.05, 3.63) is 0 Å². The second kappa shape index (κ2) is 7.04. The Morgan fingerprint density at radius 2 is 0.778 bits per heavy atom. The van der Waals surface area contributed by atoms with Gasteiger partial charge in [-0.3, -0.25) is 0 Å². The highest BCUT2D eigenvalue weighted by Gasteiger charge is 1.97. The second-order valence-electron chi connectivity index (χ2n) is 1.29. The van der Waals surface area contributed by atoms with Crippen LogP contribution in [0, 0.1) is 0 Å². The van der Waals surface area contributed by atoms with Crippen LogP contribution in [0.4, 0.5) is 0 Å². The van der Waals surface area contributed by atoms with Crippen LogP contribution >= 0.6 is 0 Å². The van der Waals surface area contributed by atoms with Gasteiger partial charge in [-0.05, 0) is 0 Å². The van der Waals surface area contributed by atoms with Gasteiger partial charge in [0.05, 0.1) is 0 Å². The van der Waals surface area contributed by atoms with E-state index < -0.39 is 40.0 Å². The fourth-order valence-electron chi connectivity index (χ4n) is 0.372. The van der Waals surface area contributed by atoms with Crippen molar-refractivity contribution in [2.24, 2.45) is 0 Å². The second-order valence-corrected chi connectivity index (χ2v) is 8.76. The molecule has 0 aromatic carbocycles. The molecule has 0 N–H and O–H groups in total. The normalized spacial score (nSPS) is 32.0. The summed E-state index contributed by atoms with van der Waals surface area (Å²) in [5.74, 6) is 0. The Labute approximate surface area is 67.9 Å². The molecule has 0 aromatic rings. The predicted octanol–water partition coefficient (Wildman–Crippen LogP) is -4.32. The molecule has 1 fully saturated rings. The van der Waals surface area contributed by atoms with Crippen LogP contribution in [0.25, 0.3) is 0 Å². The molecule has 1 rings (SSSR count). The molecule has 1 aliphatic heterocycles. The van der Waals surface area contributed by atoms with Crippen molar-refractivity contribution in [3.8, 4) is 0 Å². The lowest BCUT2D eigenvalue weighted by Crippen LogP contribution is -2.23. The molecule has 9 heteroatoms. The van der Waals surface area contributed by atoms with Crippen molar-refractivity contribution in [1.82, 2.24) is 0 Å². The first-order valence-corrected chi connectivity index (χ1v) is 6.93. The summed E-state index contributed by atoms with van der Waals surface area (Å²) in [6.07, 6.45) is 0. The van der Waals surface area contributed by atoms with Crippen molar-refractivity contribution in [1.29, 1.82) is 0 Å². The van der Waals surface area contributed by atoms with Crippen LogP contribution in [0.15, 0.2) is 0 Å². The zero-order valence-electron chi connectivity index (χ0n) is 4.96. The summed E-state index contributed by atoms with van der Waals surface area (Å²) in [5.41, 5.74) is 0. The number of rotatable bonds is 0. The fraction of sp³-hybridized carbons (Fsp3) is 0. The van der Waals surface area contributed by atoms with Gasteiger partial charge in [0.2, 0.25) is 0 Å². The maximum Gasteiger partial charge on any atom is 0.286 e. The summed E-state index contributed by atoms with van der Waals surface area (Å²) in [6.45, 7) is 0. The third kappa shape index (κ3) is 5.37. The lowest BCUT2D eigenvalue weighted by Gasteiger charge is -2.10. The van der Waals surface area contributed by atoms with E-state index in [1.165, 1.54) is 0 Å². The third-order valence-electron chi connectivity index (χ3n) is 0.667. The van der Waals surface area contributed by atoms with E-state index in [4.69, 9.17) is 16.5 Å². The molecule has 0 saturated carbocycles. The minimum absolute atomic E-state index is 0. The molecular weight excluding hydrogens is 204 g/mol. The summed E-state index contributed by atoms with van der Waals surface area (Å²) < 4.78 is 20.4. The number of hydrogen-bond acceptors (Lipinski definition) is 4. The smallest absolute Gasteiger partial charge is 0.286 e. The van der Waals surface area contributed by atoms with E-state index in [-0.39, 0.29) is 11.0 Å². The first kappa shape index (κ1) is 9.92. The first-order valence-electron chi connectivity index (χ1n) is 2.31. The van der Waals surface area contributed by atoms with Crippen molar-refractivity contribution >= 4 is 51.0 Å². The topological polar surface area (TPSA) is 36.9 Å². The van der Waals surface area contributed by atoms with Crippen LogP contribution in [0.2, 0.25) is 0 Å². The average molecular weight is 212 g/mol. The van der Waals surface area contributed by atoms with E-state index in [0.717, 1.165) is 0 Å². The Balaban J connectivity index is 0.000000640. The van der Waals surface area contributed by atoms with Crippen LogP contribution in [-0.4, -0.2) is 51.0 Å². The van der Waals surface area contributed by atoms with Gasteiger partial charge in [0.1, 0.15) is 0 Å². The van der Waals surface area contributed by atoms with E-state index in [2.05, 4.69) is 0 Å². The zero-order valence-corrected chi connectivity index (χ0v) is 11.6. The Hall–Kier alpha value is 0.924. The monoisotopic (exact) mass is 212 g/mol. The summed E-state index contributed by atoms with van der Waals surface area (Å²) in [6, 6.07) is 0. The van der Waals surface area contributed by atoms with Crippen LogP contribution < -0.4 is 0 Å². The standard InChI is InChI=1S/H8O4Si4.Si/c1-5-2-7-4-8-3-6-1;/h5-8H2;. The zero-order chi connectivity index (χ0) is 5.66. The Morgan fingerprint density at radius 1 is 0.556 bits per heavy atom. The van der Waals surface area contributed by atoms with E-state index in [9.17, 15) is 0 Å². The van der Waals surface area contributed by atoms with E-state index >= 15 is 0 Å². The molecule has 0 spiro atoms. The van der Waals surface area contributed by atoms with Crippen LogP contribution in [0.1, 0.15) is 0 Å². The van der Waals surface area contributed by atoms with Gasteiger partial charge in [0.25, 0.3) is 40.0 Å². The summed E-state index contributed by atoms with van der Waals surface area (Å²) in [7, 11) is -2.61. The third-order valence-corrected chi connectivity index (χ3v) is 6.00. The summed E-state index contributed by atoms with van der Waals surface area (Å²) in [4.78, 5) is 0. The van der Waals surface area contributed by atoms with Gasteiger partial charge >= 0.3 is 0 Å². The lowest BCUT2D eigenvalue weighted by molar-refractivity contribution is 0.347. The molecule has 9 heavy (non-hydrogen) atoms. The molecule has 4 nitrogen and oxygen atoms in total. The van der Waals surface area contributed by atoms with Gasteiger partial charge in [-0.2, -0.15) is 0 Å². The quantitative estimate of drug-likeness (QED) is 0.381. The molecule has 0 unspecified atom stereocenters. The van der Waals surface area contributed by atoms with Crippen molar-refractivity contribution in [2.45, 2.75) is 0 Å². The van der Waals surface area contributed by atoms with Gasteiger partial charge in [-0.15, -0.1) is 0 Å². The Morgan fingerprint density at radius 3 is 1.00 bits per heavy atom. The minimum Gasteiger partial charge on any atom is -0.425 e. The highest BCUT2D eigenvalue weighted by molar-refractivity contribution is 6.50. The van der Waals surface area contributed by atoms with Gasteiger partial charge in [-0.1, -0.05) is 0 Å². The highest BCUT2D eigenvalue weighted by atomic mass is 28.4. The van der Waals surface area contributed by atoms with Crippen LogP contribution in [0.3, 0.4) is 0 Å². The molecule has 0 aromatic heterocycles. The van der Waals surface area contributed by atoms with Crippen molar-refractivity contribution in [3.63, 3.8) is 0 Å². The SMILES string of the molecule is O1[SiH2]O[SiH2]O[SiH2]O[SiH2]1.[Si]. The Bertz CT molecular complexity index is 32.9. The molecule has 0 bridgehead atoms. The van der Waals surface area contributed by atoms with E-state index in [0.29, 0.717) is 0 Å². The van der Waals surface area contributed by atoms with E-state index in [1.807, 2.05) is 0 Å². The highest BCUT2D eigenvalue weighted by Crippen LogP contribution is 1.79. The molecule has 0 aliphatic carbocycles. The Kier molecular flexibility index (Phi) is 7.76. The molecule has 52 valence electrons. The van der Waals surface area contributed by atoms with Crippen LogP contribution in [-0.2, 0) is 16.5 Å². The van der Waals surface area contributed by atoms with Gasteiger partial charge in [-0.25, -0.2) is 0 Å². The van der Waals surface area contributed by atoms with Gasteiger partial charge < -0.3 is 16.5 Å². The maximum atomic E-state index is 5.10. The molecule has 1 aliphatic rings. The average Bonchev–Trinajstić information content (AvgIpc) is 1.62. The summed E-state index contributed by atoms with van der Waals surface area (Å²) in [5, 5.41) is 0. The molecule has 0 atom stereocenters. The fourth-order valence-corrected chi connectivity index (χ4v) is 7.59. The maximum absolute atomic E-state index is 5.10. The van der Waals surface area contributed by atoms with E-state index in [1.54, 1.807) is 0 Å². The number of hydrogen-bond donors (Lipinski definition) is 0. The minimum atomic E-state index is -0.653. The van der Waals surface area contributed by atoms with Crippen LogP contribution in [0.5, 0.6) is 0 Å². The first-order chi connectivity index (χ1) is 4.00.